The van der Waals surface area contributed by atoms with E-state index in [0.29, 0.717) is 18.0 Å². The summed E-state index contributed by atoms with van der Waals surface area (Å²) in [6.45, 7) is -0.632. The van der Waals surface area contributed by atoms with E-state index in [4.69, 9.17) is 4.74 Å². The van der Waals surface area contributed by atoms with E-state index in [-0.39, 0.29) is 30.5 Å². The van der Waals surface area contributed by atoms with Crippen LogP contribution in [0.2, 0.25) is 0 Å². The third-order valence-corrected chi connectivity index (χ3v) is 4.62. The lowest BCUT2D eigenvalue weighted by Crippen LogP contribution is -2.45. The molecule has 154 valence electrons. The van der Waals surface area contributed by atoms with Gasteiger partial charge in [-0.05, 0) is 36.8 Å². The molecule has 0 saturated carbocycles. The number of carbonyl (C=O) groups is 2. The van der Waals surface area contributed by atoms with Crippen molar-refractivity contribution in [1.82, 2.24) is 4.90 Å². The first kappa shape index (κ1) is 20.6. The molecular weight excluding hydrogens is 382 g/mol. The minimum absolute atomic E-state index is 0.0661. The molecule has 0 aromatic heterocycles. The Hall–Kier alpha value is -3.16. The lowest BCUT2D eigenvalue weighted by Gasteiger charge is -2.33. The van der Waals surface area contributed by atoms with Crippen molar-refractivity contribution in [3.8, 4) is 11.5 Å². The number of fused-ring (bicyclic) bond motifs is 1. The SMILES string of the molecule is CC1Oc2ccccc2N(CCC(=O)N(C)Cc2ccc(OC(F)F)cc2)C1=O. The summed E-state index contributed by atoms with van der Waals surface area (Å²) in [4.78, 5) is 28.1. The Kier molecular flexibility index (Phi) is 6.31. The second-order valence-corrected chi connectivity index (χ2v) is 6.74. The number of benzene rings is 2. The van der Waals surface area contributed by atoms with Crippen molar-refractivity contribution < 1.29 is 27.8 Å². The standard InChI is InChI=1S/C21H22F2N2O4/c1-14-20(27)25(17-5-3-4-6-18(17)28-14)12-11-19(26)24(2)13-15-7-9-16(10-8-15)29-21(22)23/h3-10,14,21H,11-13H2,1-2H3. The van der Waals surface area contributed by atoms with Gasteiger partial charge in [-0.25, -0.2) is 0 Å². The summed E-state index contributed by atoms with van der Waals surface area (Å²) in [5.41, 5.74) is 1.43. The monoisotopic (exact) mass is 404 g/mol. The van der Waals surface area contributed by atoms with Crippen LogP contribution < -0.4 is 14.4 Å². The van der Waals surface area contributed by atoms with Crippen LogP contribution in [0.25, 0.3) is 0 Å². The summed E-state index contributed by atoms with van der Waals surface area (Å²) in [5, 5.41) is 0. The van der Waals surface area contributed by atoms with E-state index in [1.807, 2.05) is 12.1 Å². The molecule has 2 aromatic carbocycles. The van der Waals surface area contributed by atoms with Crippen LogP contribution in [0.4, 0.5) is 14.5 Å². The van der Waals surface area contributed by atoms with E-state index in [9.17, 15) is 18.4 Å². The van der Waals surface area contributed by atoms with E-state index in [1.54, 1.807) is 43.1 Å². The Morgan fingerprint density at radius 1 is 1.21 bits per heavy atom. The van der Waals surface area contributed by atoms with Crippen LogP contribution in [0.3, 0.4) is 0 Å². The predicted molar refractivity (Wildman–Crippen MR) is 103 cm³/mol. The summed E-state index contributed by atoms with van der Waals surface area (Å²) >= 11 is 0. The number of hydrogen-bond acceptors (Lipinski definition) is 4. The van der Waals surface area contributed by atoms with Crippen molar-refractivity contribution in [1.29, 1.82) is 0 Å². The number of para-hydroxylation sites is 2. The van der Waals surface area contributed by atoms with Crippen molar-refractivity contribution in [2.75, 3.05) is 18.5 Å². The van der Waals surface area contributed by atoms with E-state index >= 15 is 0 Å². The molecule has 1 aliphatic heterocycles. The normalized spacial score (nSPS) is 15.7. The second-order valence-electron chi connectivity index (χ2n) is 6.74. The van der Waals surface area contributed by atoms with Crippen LogP contribution in [0.5, 0.6) is 11.5 Å². The number of carbonyl (C=O) groups excluding carboxylic acids is 2. The van der Waals surface area contributed by atoms with Crippen LogP contribution in [0.1, 0.15) is 18.9 Å². The van der Waals surface area contributed by atoms with Crippen molar-refractivity contribution in [2.45, 2.75) is 32.6 Å². The summed E-state index contributed by atoms with van der Waals surface area (Å²) in [7, 11) is 1.66. The second kappa shape index (κ2) is 8.89. The molecule has 2 aromatic rings. The van der Waals surface area contributed by atoms with Gasteiger partial charge < -0.3 is 19.3 Å². The topological polar surface area (TPSA) is 59.1 Å². The van der Waals surface area contributed by atoms with Crippen molar-refractivity contribution in [3.05, 3.63) is 54.1 Å². The highest BCUT2D eigenvalue weighted by Gasteiger charge is 2.31. The Labute approximate surface area is 167 Å². The van der Waals surface area contributed by atoms with Crippen molar-refractivity contribution in [2.24, 2.45) is 0 Å². The first-order valence-corrected chi connectivity index (χ1v) is 9.20. The largest absolute Gasteiger partial charge is 0.479 e. The van der Waals surface area contributed by atoms with E-state index < -0.39 is 12.7 Å². The number of anilines is 1. The number of hydrogen-bond donors (Lipinski definition) is 0. The van der Waals surface area contributed by atoms with Crippen LogP contribution in [0, 0.1) is 0 Å². The van der Waals surface area contributed by atoms with E-state index in [0.717, 1.165) is 5.56 Å². The highest BCUT2D eigenvalue weighted by Crippen LogP contribution is 2.33. The number of rotatable bonds is 7. The number of amides is 2. The fourth-order valence-corrected chi connectivity index (χ4v) is 3.13. The lowest BCUT2D eigenvalue weighted by molar-refractivity contribution is -0.130. The molecule has 1 atom stereocenters. The minimum Gasteiger partial charge on any atom is -0.479 e. The van der Waals surface area contributed by atoms with Crippen LogP contribution in [0.15, 0.2) is 48.5 Å². The summed E-state index contributed by atoms with van der Waals surface area (Å²) < 4.78 is 34.3. The van der Waals surface area contributed by atoms with Crippen LogP contribution in [-0.2, 0) is 16.1 Å². The maximum Gasteiger partial charge on any atom is 0.387 e. The molecule has 8 heteroatoms. The minimum atomic E-state index is -2.87. The molecule has 0 N–H and O–H groups in total. The zero-order valence-corrected chi connectivity index (χ0v) is 16.2. The highest BCUT2D eigenvalue weighted by molar-refractivity contribution is 6.00. The van der Waals surface area contributed by atoms with Crippen LogP contribution >= 0.6 is 0 Å². The van der Waals surface area contributed by atoms with Gasteiger partial charge >= 0.3 is 6.61 Å². The van der Waals surface area contributed by atoms with Gasteiger partial charge in [0, 0.05) is 26.6 Å². The summed E-state index contributed by atoms with van der Waals surface area (Å²) in [6.07, 6.45) is -0.456. The van der Waals surface area contributed by atoms with E-state index in [1.165, 1.54) is 17.0 Å². The molecular formula is C21H22F2N2O4. The number of alkyl halides is 2. The smallest absolute Gasteiger partial charge is 0.387 e. The predicted octanol–water partition coefficient (Wildman–Crippen LogP) is 3.45. The van der Waals surface area contributed by atoms with Gasteiger partial charge in [-0.1, -0.05) is 24.3 Å². The van der Waals surface area contributed by atoms with Crippen molar-refractivity contribution >= 4 is 17.5 Å². The van der Waals surface area contributed by atoms with Crippen molar-refractivity contribution in [3.63, 3.8) is 0 Å². The molecule has 0 saturated heterocycles. The average Bonchev–Trinajstić information content (AvgIpc) is 2.69. The van der Waals surface area contributed by atoms with Gasteiger partial charge in [0.15, 0.2) is 6.10 Å². The molecule has 0 spiro atoms. The fourth-order valence-electron chi connectivity index (χ4n) is 3.13. The Bertz CT molecular complexity index is 873. The molecule has 0 aliphatic carbocycles. The number of ether oxygens (including phenoxy) is 2. The fraction of sp³-hybridized carbons (Fsp3) is 0.333. The molecule has 6 nitrogen and oxygen atoms in total. The molecule has 0 fully saturated rings. The first-order valence-electron chi connectivity index (χ1n) is 9.20. The summed E-state index contributed by atoms with van der Waals surface area (Å²) in [5.74, 6) is 0.360. The summed E-state index contributed by atoms with van der Waals surface area (Å²) in [6, 6.07) is 13.4. The first-order chi connectivity index (χ1) is 13.8. The molecule has 29 heavy (non-hydrogen) atoms. The van der Waals surface area contributed by atoms with E-state index in [2.05, 4.69) is 4.74 Å². The highest BCUT2D eigenvalue weighted by atomic mass is 19.3. The van der Waals surface area contributed by atoms with Gasteiger partial charge in [-0.2, -0.15) is 8.78 Å². The Balaban J connectivity index is 1.58. The Morgan fingerprint density at radius 3 is 2.59 bits per heavy atom. The zero-order chi connectivity index (χ0) is 21.0. The van der Waals surface area contributed by atoms with Gasteiger partial charge in [-0.15, -0.1) is 0 Å². The molecule has 0 bridgehead atoms. The van der Waals surface area contributed by atoms with Gasteiger partial charge in [0.05, 0.1) is 5.69 Å². The van der Waals surface area contributed by atoms with Gasteiger partial charge in [0.2, 0.25) is 5.91 Å². The molecule has 2 amide bonds. The third-order valence-electron chi connectivity index (χ3n) is 4.62. The van der Waals surface area contributed by atoms with Gasteiger partial charge in [0.1, 0.15) is 11.5 Å². The van der Waals surface area contributed by atoms with Gasteiger partial charge in [0.25, 0.3) is 5.91 Å². The maximum atomic E-state index is 12.5. The zero-order valence-electron chi connectivity index (χ0n) is 16.2. The molecule has 1 aliphatic rings. The lowest BCUT2D eigenvalue weighted by atomic mass is 10.1. The number of nitrogens with zero attached hydrogens (tertiary/aromatic N) is 2. The Morgan fingerprint density at radius 2 is 1.90 bits per heavy atom. The average molecular weight is 404 g/mol. The quantitative estimate of drug-likeness (QED) is 0.709. The van der Waals surface area contributed by atoms with Crippen LogP contribution in [-0.4, -0.2) is 43.0 Å². The molecule has 3 rings (SSSR count). The number of halogens is 2. The third kappa shape index (κ3) is 5.01. The van der Waals surface area contributed by atoms with Gasteiger partial charge in [-0.3, -0.25) is 9.59 Å². The maximum absolute atomic E-state index is 12.5. The molecule has 0 radical (unpaired) electrons. The molecule has 1 heterocycles. The molecule has 1 unspecified atom stereocenters.